The van der Waals surface area contributed by atoms with Crippen LogP contribution in [0.2, 0.25) is 0 Å². The number of fused-ring (bicyclic) bond motifs is 3. The Bertz CT molecular complexity index is 1910. The number of hydrogen-bond donors (Lipinski definition) is 4. The van der Waals surface area contributed by atoms with E-state index in [2.05, 4.69) is 21.3 Å². The van der Waals surface area contributed by atoms with Gasteiger partial charge in [0.25, 0.3) is 0 Å². The number of urea groups is 1. The van der Waals surface area contributed by atoms with E-state index in [4.69, 9.17) is 4.74 Å². The van der Waals surface area contributed by atoms with Crippen molar-refractivity contribution in [3.8, 4) is 0 Å². The summed E-state index contributed by atoms with van der Waals surface area (Å²) in [5.74, 6) is -5.95. The Morgan fingerprint density at radius 1 is 0.828 bits per heavy atom. The van der Waals surface area contributed by atoms with Crippen molar-refractivity contribution in [1.82, 2.24) is 30.7 Å². The van der Waals surface area contributed by atoms with E-state index in [9.17, 15) is 42.3 Å². The number of benzene rings is 2. The molecule has 0 spiro atoms. The molecule has 4 heterocycles. The van der Waals surface area contributed by atoms with Crippen molar-refractivity contribution < 1.29 is 47.1 Å². The molecule has 312 valence electrons. The Labute approximate surface area is 335 Å². The smallest absolute Gasteiger partial charge is 0.329 e. The van der Waals surface area contributed by atoms with Crippen LogP contribution in [-0.2, 0) is 39.9 Å². The SMILES string of the molecule is Cc1ccc(NC(=O)N[C@@H](Cc2cc(F)cc(F)c2)C(=O)N[C@@H]2C(=O)N3CCC[C@H]3C(=O)N3CCCC[C@H]3C(=O)N[C@@H](C)C(=O)N3C[C@@H](C)C[C@H]3C(=O)O[C@H]2C)cc1. The number of amides is 7. The highest BCUT2D eigenvalue weighted by Gasteiger charge is 2.47. The number of rotatable bonds is 6. The van der Waals surface area contributed by atoms with E-state index in [-0.39, 0.29) is 44.0 Å². The second-order valence-corrected chi connectivity index (χ2v) is 15.9. The zero-order chi connectivity index (χ0) is 41.8. The first-order valence-corrected chi connectivity index (χ1v) is 19.9. The number of carbonyl (C=O) groups excluding carboxylic acids is 7. The number of anilines is 1. The summed E-state index contributed by atoms with van der Waals surface area (Å²) < 4.78 is 34.5. The predicted octanol–water partition coefficient (Wildman–Crippen LogP) is 2.55. The van der Waals surface area contributed by atoms with Crippen molar-refractivity contribution in [3.63, 3.8) is 0 Å². The minimum absolute atomic E-state index is 0.0248. The molecule has 2 aromatic rings. The number of ether oxygens (including phenoxy) is 1. The number of piperidine rings is 1. The number of hydrogen-bond acceptors (Lipinski definition) is 8. The number of esters is 1. The van der Waals surface area contributed by atoms with Gasteiger partial charge in [-0.2, -0.15) is 0 Å². The third kappa shape index (κ3) is 9.56. The molecule has 6 rings (SSSR count). The summed E-state index contributed by atoms with van der Waals surface area (Å²) in [6.45, 7) is 7.24. The standard InChI is InChI=1S/C41H51F2N7O8/c1-22-10-12-29(13-11-22)45-41(57)46-30(19-26-17-27(42)20-28(43)18-26)35(51)47-34-25(4)58-40(56)33-16-23(2)21-50(33)37(53)24(3)44-36(52)31-8-5-6-14-48(31)38(54)32-9-7-15-49(32)39(34)55/h10-13,17-18,20,23-25,30-34H,5-9,14-16,19,21H2,1-4H3,(H,44,52)(H,47,51)(H2,45,46,57)/t23-,24-,25-,30-,31-,32-,33-,34-/m0/s1. The summed E-state index contributed by atoms with van der Waals surface area (Å²) in [6, 6.07) is 1.56. The van der Waals surface area contributed by atoms with Crippen LogP contribution in [-0.4, -0.2) is 118 Å². The molecule has 0 unspecified atom stereocenters. The summed E-state index contributed by atoms with van der Waals surface area (Å²) in [5, 5.41) is 10.6. The highest BCUT2D eigenvalue weighted by atomic mass is 19.1. The number of carbonyl (C=O) groups is 7. The molecule has 0 saturated carbocycles. The lowest BCUT2D eigenvalue weighted by Crippen LogP contribution is -2.63. The van der Waals surface area contributed by atoms with Gasteiger partial charge < -0.3 is 40.7 Å². The first-order chi connectivity index (χ1) is 27.6. The number of nitrogens with zero attached hydrogens (tertiary/aromatic N) is 3. The molecular formula is C41H51F2N7O8. The molecule has 4 aliphatic rings. The van der Waals surface area contributed by atoms with Gasteiger partial charge in [-0.3, -0.25) is 24.0 Å². The molecule has 0 aliphatic carbocycles. The van der Waals surface area contributed by atoms with Gasteiger partial charge in [0.2, 0.25) is 29.5 Å². The van der Waals surface area contributed by atoms with Gasteiger partial charge in [-0.05, 0) is 95.0 Å². The number of aryl methyl sites for hydroxylation is 1. The summed E-state index contributed by atoms with van der Waals surface area (Å²) in [5.41, 5.74) is 1.36. The van der Waals surface area contributed by atoms with Crippen molar-refractivity contribution in [3.05, 3.63) is 65.2 Å². The second kappa shape index (κ2) is 17.9. The first-order valence-electron chi connectivity index (χ1n) is 19.9. The largest absolute Gasteiger partial charge is 0.458 e. The van der Waals surface area contributed by atoms with Crippen LogP contribution >= 0.6 is 0 Å². The molecule has 0 aromatic heterocycles. The molecule has 58 heavy (non-hydrogen) atoms. The van der Waals surface area contributed by atoms with E-state index in [1.807, 2.05) is 13.8 Å². The van der Waals surface area contributed by atoms with E-state index in [0.717, 1.165) is 17.7 Å². The normalized spacial score (nSPS) is 27.5. The van der Waals surface area contributed by atoms with E-state index in [0.29, 0.717) is 37.4 Å². The molecule has 0 bridgehead atoms. The van der Waals surface area contributed by atoms with Crippen LogP contribution in [0.25, 0.3) is 0 Å². The van der Waals surface area contributed by atoms with Gasteiger partial charge in [0.15, 0.2) is 0 Å². The maximum Gasteiger partial charge on any atom is 0.329 e. The van der Waals surface area contributed by atoms with Gasteiger partial charge in [0.1, 0.15) is 54.0 Å². The molecule has 4 fully saturated rings. The fourth-order valence-electron chi connectivity index (χ4n) is 8.36. The molecular weight excluding hydrogens is 756 g/mol. The Morgan fingerprint density at radius 2 is 1.48 bits per heavy atom. The summed E-state index contributed by atoms with van der Waals surface area (Å²) in [4.78, 5) is 102. The zero-order valence-electron chi connectivity index (χ0n) is 33.1. The van der Waals surface area contributed by atoms with Crippen molar-refractivity contribution in [2.24, 2.45) is 5.92 Å². The Balaban J connectivity index is 1.34. The lowest BCUT2D eigenvalue weighted by atomic mass is 9.99. The molecule has 8 atom stereocenters. The summed E-state index contributed by atoms with van der Waals surface area (Å²) in [7, 11) is 0. The molecule has 4 aliphatic heterocycles. The van der Waals surface area contributed by atoms with Crippen molar-refractivity contribution in [2.75, 3.05) is 25.0 Å². The quantitative estimate of drug-likeness (QED) is 0.321. The van der Waals surface area contributed by atoms with Crippen molar-refractivity contribution in [1.29, 1.82) is 0 Å². The second-order valence-electron chi connectivity index (χ2n) is 15.9. The lowest BCUT2D eigenvalue weighted by Gasteiger charge is -2.39. The fourth-order valence-corrected chi connectivity index (χ4v) is 8.36. The summed E-state index contributed by atoms with van der Waals surface area (Å²) >= 11 is 0. The van der Waals surface area contributed by atoms with Crippen LogP contribution in [0.4, 0.5) is 19.3 Å². The molecule has 7 amide bonds. The zero-order valence-corrected chi connectivity index (χ0v) is 33.1. The van der Waals surface area contributed by atoms with Gasteiger partial charge in [-0.1, -0.05) is 24.6 Å². The predicted molar refractivity (Wildman–Crippen MR) is 206 cm³/mol. The number of cyclic esters (lactones) is 1. The molecule has 17 heteroatoms. The molecule has 4 N–H and O–H groups in total. The van der Waals surface area contributed by atoms with E-state index in [1.54, 1.807) is 24.3 Å². The fraction of sp³-hybridized carbons (Fsp3) is 0.537. The average Bonchev–Trinajstić information content (AvgIpc) is 3.83. The molecule has 4 saturated heterocycles. The van der Waals surface area contributed by atoms with Gasteiger partial charge in [-0.15, -0.1) is 0 Å². The van der Waals surface area contributed by atoms with Crippen LogP contribution in [0.5, 0.6) is 0 Å². The van der Waals surface area contributed by atoms with Gasteiger partial charge in [0, 0.05) is 37.8 Å². The van der Waals surface area contributed by atoms with Crippen LogP contribution < -0.4 is 21.3 Å². The lowest BCUT2D eigenvalue weighted by molar-refractivity contribution is -0.163. The van der Waals surface area contributed by atoms with Crippen LogP contribution in [0, 0.1) is 24.5 Å². The minimum Gasteiger partial charge on any atom is -0.458 e. The van der Waals surface area contributed by atoms with Crippen LogP contribution in [0.1, 0.15) is 70.4 Å². The highest BCUT2D eigenvalue weighted by Crippen LogP contribution is 2.29. The Kier molecular flexibility index (Phi) is 13.0. The van der Waals surface area contributed by atoms with Crippen molar-refractivity contribution in [2.45, 2.75) is 115 Å². The maximum atomic E-state index is 14.7. The topological polar surface area (TPSA) is 187 Å². The van der Waals surface area contributed by atoms with Gasteiger partial charge in [-0.25, -0.2) is 18.4 Å². The first kappa shape index (κ1) is 42.0. The Hall–Kier alpha value is -5.61. The van der Waals surface area contributed by atoms with E-state index in [1.165, 1.54) is 28.5 Å². The third-order valence-corrected chi connectivity index (χ3v) is 11.3. The van der Waals surface area contributed by atoms with Crippen molar-refractivity contribution >= 4 is 47.2 Å². The molecule has 0 radical (unpaired) electrons. The van der Waals surface area contributed by atoms with Crippen LogP contribution in [0.15, 0.2) is 42.5 Å². The van der Waals surface area contributed by atoms with Gasteiger partial charge in [0.05, 0.1) is 0 Å². The number of nitrogens with one attached hydrogen (secondary N) is 4. The van der Waals surface area contributed by atoms with Gasteiger partial charge >= 0.3 is 12.0 Å². The minimum atomic E-state index is -1.62. The highest BCUT2D eigenvalue weighted by molar-refractivity contribution is 5.98. The molecule has 2 aromatic carbocycles. The maximum absolute atomic E-state index is 14.7. The Morgan fingerprint density at radius 3 is 2.19 bits per heavy atom. The third-order valence-electron chi connectivity index (χ3n) is 11.3. The summed E-state index contributed by atoms with van der Waals surface area (Å²) in [6.07, 6.45) is 0.815. The van der Waals surface area contributed by atoms with E-state index >= 15 is 0 Å². The van der Waals surface area contributed by atoms with Crippen LogP contribution in [0.3, 0.4) is 0 Å². The average molecular weight is 808 g/mol. The monoisotopic (exact) mass is 807 g/mol. The van der Waals surface area contributed by atoms with E-state index < -0.39 is 102 Å². The number of halogens is 2. The molecule has 15 nitrogen and oxygen atoms in total.